The number of carboxylic acid groups (broad SMARTS) is 1. The predicted octanol–water partition coefficient (Wildman–Crippen LogP) is 3.06. The Morgan fingerprint density at radius 1 is 1.29 bits per heavy atom. The second-order valence-corrected chi connectivity index (χ2v) is 6.23. The van der Waals surface area contributed by atoms with E-state index in [0.29, 0.717) is 12.3 Å². The zero-order chi connectivity index (χ0) is 14.8. The maximum atomic E-state index is 11.2. The fraction of sp³-hybridized carbons (Fsp3) is 0.188. The summed E-state index contributed by atoms with van der Waals surface area (Å²) in [5, 5.41) is 9.46. The molecule has 3 N–H and O–H groups in total. The number of carboxylic acids is 1. The van der Waals surface area contributed by atoms with Crippen molar-refractivity contribution in [2.24, 2.45) is 0 Å². The van der Waals surface area contributed by atoms with Crippen molar-refractivity contribution in [3.05, 3.63) is 53.6 Å². The Morgan fingerprint density at radius 3 is 2.86 bits per heavy atom. The first kappa shape index (κ1) is 13.8. The lowest BCUT2D eigenvalue weighted by molar-refractivity contribution is 0.0692. The first-order chi connectivity index (χ1) is 10.1. The fourth-order valence-electron chi connectivity index (χ4n) is 2.41. The van der Waals surface area contributed by atoms with Crippen LogP contribution in [-0.4, -0.2) is 22.9 Å². The van der Waals surface area contributed by atoms with Crippen LogP contribution in [0.15, 0.2) is 47.4 Å². The molecule has 21 heavy (non-hydrogen) atoms. The molecule has 1 unspecified atom stereocenters. The van der Waals surface area contributed by atoms with Crippen molar-refractivity contribution in [1.82, 2.24) is 0 Å². The number of aromatic carboxylic acids is 1. The number of thioether (sulfide) groups is 1. The molecule has 0 aliphatic carbocycles. The van der Waals surface area contributed by atoms with Gasteiger partial charge in [0, 0.05) is 10.1 Å². The Balaban J connectivity index is 1.71. The molecule has 0 amide bonds. The van der Waals surface area contributed by atoms with Crippen LogP contribution in [0.25, 0.3) is 0 Å². The summed E-state index contributed by atoms with van der Waals surface area (Å²) in [6.45, 7) is 0.438. The third-order valence-corrected chi connectivity index (χ3v) is 4.69. The van der Waals surface area contributed by atoms with Crippen LogP contribution in [0.2, 0.25) is 0 Å². The van der Waals surface area contributed by atoms with Gasteiger partial charge in [-0.15, -0.1) is 11.8 Å². The maximum Gasteiger partial charge on any atom is 0.339 e. The standard InChI is InChI=1S/C16H15NO3S/c17-13-6-3-5-12(16(18)19)15(13)20-9-11-8-10-4-1-2-7-14(10)21-11/h1-7,11H,8-9,17H2,(H,18,19). The zero-order valence-corrected chi connectivity index (χ0v) is 12.1. The SMILES string of the molecule is Nc1cccc(C(=O)O)c1OCC1Cc2ccccc2S1. The van der Waals surface area contributed by atoms with Crippen molar-refractivity contribution < 1.29 is 14.6 Å². The van der Waals surface area contributed by atoms with Crippen LogP contribution in [0.1, 0.15) is 15.9 Å². The largest absolute Gasteiger partial charge is 0.489 e. The van der Waals surface area contributed by atoms with E-state index in [1.54, 1.807) is 23.9 Å². The van der Waals surface area contributed by atoms with Crippen molar-refractivity contribution in [3.63, 3.8) is 0 Å². The van der Waals surface area contributed by atoms with Gasteiger partial charge in [0.05, 0.1) is 5.69 Å². The van der Waals surface area contributed by atoms with Gasteiger partial charge in [0.25, 0.3) is 0 Å². The number of hydrogen-bond donors (Lipinski definition) is 2. The molecule has 1 aliphatic rings. The molecule has 4 nitrogen and oxygen atoms in total. The van der Waals surface area contributed by atoms with E-state index < -0.39 is 5.97 Å². The first-order valence-electron chi connectivity index (χ1n) is 6.64. The minimum atomic E-state index is -1.03. The minimum Gasteiger partial charge on any atom is -0.489 e. The summed E-state index contributed by atoms with van der Waals surface area (Å²) >= 11 is 1.76. The van der Waals surface area contributed by atoms with Gasteiger partial charge in [-0.25, -0.2) is 4.79 Å². The Hall–Kier alpha value is -2.14. The Labute approximate surface area is 126 Å². The number of rotatable bonds is 4. The average Bonchev–Trinajstić information content (AvgIpc) is 2.88. The molecule has 1 atom stereocenters. The number of hydrogen-bond acceptors (Lipinski definition) is 4. The number of nitrogen functional groups attached to an aromatic ring is 1. The van der Waals surface area contributed by atoms with Crippen molar-refractivity contribution in [3.8, 4) is 5.75 Å². The van der Waals surface area contributed by atoms with E-state index >= 15 is 0 Å². The van der Waals surface area contributed by atoms with Crippen LogP contribution < -0.4 is 10.5 Å². The molecule has 0 spiro atoms. The van der Waals surface area contributed by atoms with Gasteiger partial charge in [-0.2, -0.15) is 0 Å². The van der Waals surface area contributed by atoms with Gasteiger partial charge in [-0.05, 0) is 30.2 Å². The fourth-order valence-corrected chi connectivity index (χ4v) is 3.63. The molecule has 2 aromatic carbocycles. The van der Waals surface area contributed by atoms with E-state index in [1.165, 1.54) is 16.5 Å². The van der Waals surface area contributed by atoms with E-state index in [0.717, 1.165) is 6.42 Å². The summed E-state index contributed by atoms with van der Waals surface area (Å²) in [6, 6.07) is 13.0. The molecular weight excluding hydrogens is 286 g/mol. The van der Waals surface area contributed by atoms with Crippen LogP contribution in [0, 0.1) is 0 Å². The van der Waals surface area contributed by atoms with Gasteiger partial charge in [-0.1, -0.05) is 24.3 Å². The van der Waals surface area contributed by atoms with Crippen molar-refractivity contribution >= 4 is 23.4 Å². The van der Waals surface area contributed by atoms with Crippen LogP contribution in [0.3, 0.4) is 0 Å². The summed E-state index contributed by atoms with van der Waals surface area (Å²) in [4.78, 5) is 12.5. The van der Waals surface area contributed by atoms with E-state index in [1.807, 2.05) is 12.1 Å². The van der Waals surface area contributed by atoms with E-state index in [-0.39, 0.29) is 16.6 Å². The topological polar surface area (TPSA) is 72.6 Å². The number of nitrogens with two attached hydrogens (primary N) is 1. The molecule has 0 saturated heterocycles. The molecule has 0 aromatic heterocycles. The number of ether oxygens (including phenoxy) is 1. The van der Waals surface area contributed by atoms with Gasteiger partial charge in [0.15, 0.2) is 5.75 Å². The molecule has 108 valence electrons. The highest BCUT2D eigenvalue weighted by molar-refractivity contribution is 8.00. The van der Waals surface area contributed by atoms with Crippen molar-refractivity contribution in [2.75, 3.05) is 12.3 Å². The molecule has 3 rings (SSSR count). The molecule has 0 fully saturated rings. The summed E-state index contributed by atoms with van der Waals surface area (Å²) in [7, 11) is 0. The monoisotopic (exact) mass is 301 g/mol. The average molecular weight is 301 g/mol. The van der Waals surface area contributed by atoms with Gasteiger partial charge < -0.3 is 15.6 Å². The lowest BCUT2D eigenvalue weighted by Crippen LogP contribution is -2.16. The molecule has 0 bridgehead atoms. The Morgan fingerprint density at radius 2 is 2.10 bits per heavy atom. The molecule has 0 radical (unpaired) electrons. The highest BCUT2D eigenvalue weighted by Gasteiger charge is 2.23. The van der Waals surface area contributed by atoms with Gasteiger partial charge in [-0.3, -0.25) is 0 Å². The van der Waals surface area contributed by atoms with E-state index in [4.69, 9.17) is 10.5 Å². The Bertz CT molecular complexity index is 662. The van der Waals surface area contributed by atoms with E-state index in [9.17, 15) is 9.90 Å². The number of carbonyl (C=O) groups is 1. The summed E-state index contributed by atoms with van der Waals surface area (Å²) in [6.07, 6.45) is 0.927. The van der Waals surface area contributed by atoms with Gasteiger partial charge in [0.1, 0.15) is 12.2 Å². The lowest BCUT2D eigenvalue weighted by Gasteiger charge is -2.14. The number of fused-ring (bicyclic) bond motifs is 1. The zero-order valence-electron chi connectivity index (χ0n) is 11.3. The molecule has 2 aromatic rings. The normalized spacial score (nSPS) is 16.5. The molecule has 1 heterocycles. The van der Waals surface area contributed by atoms with Crippen LogP contribution in [-0.2, 0) is 6.42 Å². The smallest absolute Gasteiger partial charge is 0.339 e. The predicted molar refractivity (Wildman–Crippen MR) is 83.1 cm³/mol. The minimum absolute atomic E-state index is 0.107. The summed E-state index contributed by atoms with van der Waals surface area (Å²) in [5.74, 6) is -0.763. The molecule has 0 saturated carbocycles. The molecule has 5 heteroatoms. The van der Waals surface area contributed by atoms with Crippen molar-refractivity contribution in [2.45, 2.75) is 16.6 Å². The summed E-state index contributed by atoms with van der Waals surface area (Å²) < 4.78 is 5.72. The van der Waals surface area contributed by atoms with Crippen LogP contribution >= 0.6 is 11.8 Å². The lowest BCUT2D eigenvalue weighted by atomic mass is 10.1. The quantitative estimate of drug-likeness (QED) is 0.849. The first-order valence-corrected chi connectivity index (χ1v) is 7.52. The van der Waals surface area contributed by atoms with Gasteiger partial charge in [0.2, 0.25) is 0 Å². The summed E-state index contributed by atoms with van der Waals surface area (Å²) in [5.41, 5.74) is 7.61. The number of benzene rings is 2. The second-order valence-electron chi connectivity index (χ2n) is 4.89. The van der Waals surface area contributed by atoms with Crippen molar-refractivity contribution in [1.29, 1.82) is 0 Å². The molecule has 1 aliphatic heterocycles. The van der Waals surface area contributed by atoms with Gasteiger partial charge >= 0.3 is 5.97 Å². The second kappa shape index (κ2) is 5.69. The third kappa shape index (κ3) is 2.83. The van der Waals surface area contributed by atoms with Crippen LogP contribution in [0.4, 0.5) is 5.69 Å². The Kier molecular flexibility index (Phi) is 3.75. The molecular formula is C16H15NO3S. The third-order valence-electron chi connectivity index (χ3n) is 3.40. The number of anilines is 1. The maximum absolute atomic E-state index is 11.2. The highest BCUT2D eigenvalue weighted by atomic mass is 32.2. The van der Waals surface area contributed by atoms with Crippen LogP contribution in [0.5, 0.6) is 5.75 Å². The van der Waals surface area contributed by atoms with E-state index in [2.05, 4.69) is 12.1 Å². The number of para-hydroxylation sites is 1. The highest BCUT2D eigenvalue weighted by Crippen LogP contribution is 2.37.